The summed E-state index contributed by atoms with van der Waals surface area (Å²) in [6.45, 7) is 0. The second-order valence-electron chi connectivity index (χ2n) is 4.83. The fraction of sp³-hybridized carbons (Fsp3) is 0. The summed E-state index contributed by atoms with van der Waals surface area (Å²) in [5, 5.41) is 4.20. The second kappa shape index (κ2) is 7.12. The lowest BCUT2D eigenvalue weighted by Crippen LogP contribution is -2.34. The molecule has 0 aliphatic carbocycles. The predicted octanol–water partition coefficient (Wildman–Crippen LogP) is 1.99. The number of aromatic nitrogens is 2. The molecule has 24 heavy (non-hydrogen) atoms. The van der Waals surface area contributed by atoms with E-state index in [9.17, 15) is 9.59 Å². The van der Waals surface area contributed by atoms with E-state index in [0.29, 0.717) is 10.6 Å². The van der Waals surface area contributed by atoms with E-state index in [4.69, 9.17) is 5.84 Å². The monoisotopic (exact) mass is 338 g/mol. The summed E-state index contributed by atoms with van der Waals surface area (Å²) >= 11 is 1.28. The van der Waals surface area contributed by atoms with E-state index < -0.39 is 5.91 Å². The molecule has 1 amide bonds. The first-order valence-corrected chi connectivity index (χ1v) is 7.94. The number of nitrogens with two attached hydrogens (primary N) is 1. The van der Waals surface area contributed by atoms with E-state index in [-0.39, 0.29) is 11.3 Å². The van der Waals surface area contributed by atoms with Gasteiger partial charge in [0.1, 0.15) is 0 Å². The number of hydrazine groups is 1. The van der Waals surface area contributed by atoms with Crippen molar-refractivity contribution in [2.45, 2.75) is 9.79 Å². The zero-order valence-electron chi connectivity index (χ0n) is 12.5. The van der Waals surface area contributed by atoms with Crippen LogP contribution in [0, 0.1) is 0 Å². The van der Waals surface area contributed by atoms with Crippen LogP contribution in [0.15, 0.2) is 81.3 Å². The van der Waals surface area contributed by atoms with Crippen molar-refractivity contribution in [2.75, 3.05) is 0 Å². The lowest BCUT2D eigenvalue weighted by atomic mass is 10.3. The summed E-state index contributed by atoms with van der Waals surface area (Å²) in [6, 6.07) is 19.7. The van der Waals surface area contributed by atoms with Crippen molar-refractivity contribution < 1.29 is 4.79 Å². The maximum atomic E-state index is 12.4. The van der Waals surface area contributed by atoms with E-state index in [1.54, 1.807) is 24.3 Å². The fourth-order valence-electron chi connectivity index (χ4n) is 2.11. The lowest BCUT2D eigenvalue weighted by molar-refractivity contribution is 0.0943. The predicted molar refractivity (Wildman–Crippen MR) is 92.1 cm³/mol. The molecule has 120 valence electrons. The van der Waals surface area contributed by atoms with E-state index in [0.717, 1.165) is 4.90 Å². The van der Waals surface area contributed by atoms with E-state index in [1.165, 1.54) is 22.5 Å². The summed E-state index contributed by atoms with van der Waals surface area (Å²) in [4.78, 5) is 25.8. The van der Waals surface area contributed by atoms with Gasteiger partial charge in [-0.3, -0.25) is 15.0 Å². The van der Waals surface area contributed by atoms with Crippen molar-refractivity contribution in [1.82, 2.24) is 15.2 Å². The van der Waals surface area contributed by atoms with Crippen molar-refractivity contribution in [1.29, 1.82) is 0 Å². The molecular formula is C17H14N4O2S. The Bertz CT molecular complexity index is 911. The van der Waals surface area contributed by atoms with E-state index in [1.807, 2.05) is 36.4 Å². The van der Waals surface area contributed by atoms with Gasteiger partial charge in [0, 0.05) is 11.0 Å². The molecule has 2 aromatic carbocycles. The third-order valence-electron chi connectivity index (χ3n) is 3.21. The molecule has 0 spiro atoms. The van der Waals surface area contributed by atoms with Gasteiger partial charge in [-0.15, -0.1) is 0 Å². The number of nitrogen functional groups attached to an aromatic ring is 1. The second-order valence-corrected chi connectivity index (χ2v) is 5.95. The van der Waals surface area contributed by atoms with Crippen LogP contribution in [0.25, 0.3) is 5.69 Å². The highest BCUT2D eigenvalue weighted by atomic mass is 32.2. The Morgan fingerprint density at radius 1 is 1.04 bits per heavy atom. The molecule has 0 radical (unpaired) electrons. The van der Waals surface area contributed by atoms with E-state index >= 15 is 0 Å². The van der Waals surface area contributed by atoms with Gasteiger partial charge in [0.05, 0.1) is 10.6 Å². The number of hydrogen-bond donors (Lipinski definition) is 2. The van der Waals surface area contributed by atoms with Crippen molar-refractivity contribution in [2.24, 2.45) is 5.84 Å². The average Bonchev–Trinajstić information content (AvgIpc) is 2.63. The summed E-state index contributed by atoms with van der Waals surface area (Å²) in [7, 11) is 0. The Balaban J connectivity index is 2.11. The van der Waals surface area contributed by atoms with Gasteiger partial charge in [-0.25, -0.2) is 5.84 Å². The smallest absolute Gasteiger partial charge is 0.286 e. The maximum absolute atomic E-state index is 12.4. The summed E-state index contributed by atoms with van der Waals surface area (Å²) < 4.78 is 1.18. The number of benzene rings is 2. The van der Waals surface area contributed by atoms with E-state index in [2.05, 4.69) is 10.5 Å². The van der Waals surface area contributed by atoms with Crippen LogP contribution in [0.2, 0.25) is 0 Å². The molecule has 1 heterocycles. The molecule has 0 saturated carbocycles. The molecule has 0 fully saturated rings. The molecule has 3 aromatic rings. The van der Waals surface area contributed by atoms with Crippen molar-refractivity contribution >= 4 is 17.7 Å². The Labute approximate surface area is 142 Å². The fourth-order valence-corrected chi connectivity index (χ4v) is 3.05. The number of rotatable bonds is 4. The summed E-state index contributed by atoms with van der Waals surface area (Å²) in [6.07, 6.45) is 0. The van der Waals surface area contributed by atoms with Gasteiger partial charge in [-0.1, -0.05) is 48.2 Å². The molecule has 6 nitrogen and oxygen atoms in total. The third-order valence-corrected chi connectivity index (χ3v) is 4.25. The molecule has 0 aliphatic heterocycles. The van der Waals surface area contributed by atoms with Crippen LogP contribution in [0.1, 0.15) is 10.5 Å². The molecular weight excluding hydrogens is 324 g/mol. The van der Waals surface area contributed by atoms with Crippen LogP contribution in [-0.4, -0.2) is 15.7 Å². The third kappa shape index (κ3) is 3.37. The van der Waals surface area contributed by atoms with Crippen molar-refractivity contribution in [3.63, 3.8) is 0 Å². The van der Waals surface area contributed by atoms with Crippen LogP contribution in [0.4, 0.5) is 0 Å². The van der Waals surface area contributed by atoms with Gasteiger partial charge in [-0.05, 0) is 24.3 Å². The standard InChI is InChI=1S/C17H14N4O2S/c18-19-17(23)16-14(24-13-9-5-2-6-10-13)11-15(22)21(20-16)12-7-3-1-4-8-12/h1-11H,18H2,(H,19,23). The van der Waals surface area contributed by atoms with Gasteiger partial charge in [0.2, 0.25) is 0 Å². The largest absolute Gasteiger partial charge is 0.289 e. The molecule has 1 aromatic heterocycles. The quantitative estimate of drug-likeness (QED) is 0.431. The Hall–Kier alpha value is -2.90. The maximum Gasteiger partial charge on any atom is 0.286 e. The van der Waals surface area contributed by atoms with Crippen molar-refractivity contribution in [3.05, 3.63) is 82.8 Å². The average molecular weight is 338 g/mol. The Morgan fingerprint density at radius 2 is 1.67 bits per heavy atom. The minimum atomic E-state index is -0.557. The first kappa shape index (κ1) is 16.0. The number of para-hydroxylation sites is 1. The van der Waals surface area contributed by atoms with Crippen LogP contribution >= 0.6 is 11.8 Å². The van der Waals surface area contributed by atoms with Crippen LogP contribution in [0.3, 0.4) is 0 Å². The number of carbonyl (C=O) groups excluding carboxylic acids is 1. The highest BCUT2D eigenvalue weighted by molar-refractivity contribution is 7.99. The highest BCUT2D eigenvalue weighted by Gasteiger charge is 2.17. The molecule has 0 bridgehead atoms. The lowest BCUT2D eigenvalue weighted by Gasteiger charge is -2.10. The molecule has 0 saturated heterocycles. The molecule has 0 unspecified atom stereocenters. The van der Waals surface area contributed by atoms with Crippen LogP contribution < -0.4 is 16.8 Å². The first-order chi connectivity index (χ1) is 11.7. The molecule has 0 atom stereocenters. The number of nitrogens with one attached hydrogen (secondary N) is 1. The van der Waals surface area contributed by atoms with Crippen molar-refractivity contribution in [3.8, 4) is 5.69 Å². The number of carbonyl (C=O) groups is 1. The minimum Gasteiger partial charge on any atom is -0.289 e. The minimum absolute atomic E-state index is 0.0924. The van der Waals surface area contributed by atoms with Gasteiger partial charge in [0.15, 0.2) is 5.69 Å². The van der Waals surface area contributed by atoms with Gasteiger partial charge in [0.25, 0.3) is 11.5 Å². The molecule has 3 rings (SSSR count). The SMILES string of the molecule is NNC(=O)c1nn(-c2ccccc2)c(=O)cc1Sc1ccccc1. The zero-order valence-corrected chi connectivity index (χ0v) is 13.4. The van der Waals surface area contributed by atoms with Crippen LogP contribution in [0.5, 0.6) is 0 Å². The topological polar surface area (TPSA) is 90.0 Å². The molecule has 3 N–H and O–H groups in total. The Morgan fingerprint density at radius 3 is 2.29 bits per heavy atom. The Kier molecular flexibility index (Phi) is 4.74. The molecule has 0 aliphatic rings. The summed E-state index contributed by atoms with van der Waals surface area (Å²) in [5.74, 6) is 4.70. The van der Waals surface area contributed by atoms with Gasteiger partial charge in [-0.2, -0.15) is 9.78 Å². The summed E-state index contributed by atoms with van der Waals surface area (Å²) in [5.41, 5.74) is 2.42. The normalized spacial score (nSPS) is 10.4. The zero-order chi connectivity index (χ0) is 16.9. The highest BCUT2D eigenvalue weighted by Crippen LogP contribution is 2.28. The number of amides is 1. The molecule has 7 heteroatoms. The van der Waals surface area contributed by atoms with Gasteiger partial charge >= 0.3 is 0 Å². The first-order valence-electron chi connectivity index (χ1n) is 7.12. The van der Waals surface area contributed by atoms with Gasteiger partial charge < -0.3 is 0 Å². The van der Waals surface area contributed by atoms with Crippen LogP contribution in [-0.2, 0) is 0 Å². The number of nitrogens with zero attached hydrogens (tertiary/aromatic N) is 2. The number of hydrogen-bond acceptors (Lipinski definition) is 5.